The van der Waals surface area contributed by atoms with E-state index in [1.165, 1.54) is 6.92 Å². The third-order valence-electron chi connectivity index (χ3n) is 4.95. The standard InChI is InChI=1S/C22H21N5O3/c1-14(28)27-12-11-15-7-3-4-8-16(15)18(27)13-20(29)23-22-24-21(25-26-22)17-9-5-6-10-19(17)30-2/h3-12,18H,13H2,1-2H3,(H2,23,24,25,26,29)/t18-/m1/s1. The number of carbonyl (C=O) groups is 2. The summed E-state index contributed by atoms with van der Waals surface area (Å²) in [5.41, 5.74) is 2.65. The van der Waals surface area contributed by atoms with Crippen LogP contribution < -0.4 is 10.1 Å². The fourth-order valence-corrected chi connectivity index (χ4v) is 3.54. The van der Waals surface area contributed by atoms with Crippen molar-refractivity contribution in [2.75, 3.05) is 12.4 Å². The number of H-pyrrole nitrogens is 1. The first-order valence-electron chi connectivity index (χ1n) is 9.48. The van der Waals surface area contributed by atoms with Gasteiger partial charge in [-0.1, -0.05) is 36.4 Å². The number of hydrogen-bond acceptors (Lipinski definition) is 5. The molecule has 1 atom stereocenters. The van der Waals surface area contributed by atoms with Crippen LogP contribution in [0.2, 0.25) is 0 Å². The number of hydrogen-bond donors (Lipinski definition) is 2. The zero-order chi connectivity index (χ0) is 21.1. The number of aromatic amines is 1. The first-order valence-corrected chi connectivity index (χ1v) is 9.48. The Morgan fingerprint density at radius 2 is 1.93 bits per heavy atom. The van der Waals surface area contributed by atoms with E-state index in [4.69, 9.17) is 4.74 Å². The molecular weight excluding hydrogens is 382 g/mol. The molecule has 2 heterocycles. The highest BCUT2D eigenvalue weighted by Gasteiger charge is 2.28. The Hall–Kier alpha value is -3.94. The van der Waals surface area contributed by atoms with E-state index in [9.17, 15) is 9.59 Å². The molecule has 1 aromatic heterocycles. The summed E-state index contributed by atoms with van der Waals surface area (Å²) in [4.78, 5) is 30.7. The van der Waals surface area contributed by atoms with Crippen molar-refractivity contribution in [2.45, 2.75) is 19.4 Å². The third kappa shape index (κ3) is 3.80. The predicted molar refractivity (Wildman–Crippen MR) is 112 cm³/mol. The summed E-state index contributed by atoms with van der Waals surface area (Å²) >= 11 is 0. The number of rotatable bonds is 5. The van der Waals surface area contributed by atoms with Crippen LogP contribution in [0.1, 0.15) is 30.5 Å². The molecule has 0 saturated heterocycles. The molecule has 8 nitrogen and oxygen atoms in total. The van der Waals surface area contributed by atoms with Crippen LogP contribution in [0.3, 0.4) is 0 Å². The molecule has 30 heavy (non-hydrogen) atoms. The molecule has 2 N–H and O–H groups in total. The highest BCUT2D eigenvalue weighted by molar-refractivity contribution is 5.90. The predicted octanol–water partition coefficient (Wildman–Crippen LogP) is 3.38. The van der Waals surface area contributed by atoms with Crippen LogP contribution >= 0.6 is 0 Å². The maximum Gasteiger partial charge on any atom is 0.249 e. The lowest BCUT2D eigenvalue weighted by Gasteiger charge is -2.32. The van der Waals surface area contributed by atoms with E-state index in [2.05, 4.69) is 20.5 Å². The summed E-state index contributed by atoms with van der Waals surface area (Å²) in [5.74, 6) is 0.875. The zero-order valence-corrected chi connectivity index (χ0v) is 16.6. The lowest BCUT2D eigenvalue weighted by atomic mass is 9.93. The van der Waals surface area contributed by atoms with Gasteiger partial charge in [0.15, 0.2) is 5.82 Å². The lowest BCUT2D eigenvalue weighted by Crippen LogP contribution is -2.33. The zero-order valence-electron chi connectivity index (χ0n) is 16.6. The van der Waals surface area contributed by atoms with E-state index in [0.717, 1.165) is 16.7 Å². The average Bonchev–Trinajstić information content (AvgIpc) is 3.21. The van der Waals surface area contributed by atoms with Crippen LogP contribution in [-0.2, 0) is 9.59 Å². The van der Waals surface area contributed by atoms with Gasteiger partial charge in [-0.3, -0.25) is 20.0 Å². The van der Waals surface area contributed by atoms with Gasteiger partial charge >= 0.3 is 0 Å². The summed E-state index contributed by atoms with van der Waals surface area (Å²) < 4.78 is 5.34. The fraction of sp³-hybridized carbons (Fsp3) is 0.182. The van der Waals surface area contributed by atoms with E-state index in [-0.39, 0.29) is 24.2 Å². The number of fused-ring (bicyclic) bond motifs is 1. The van der Waals surface area contributed by atoms with Gasteiger partial charge in [0.2, 0.25) is 17.8 Å². The molecule has 1 aliphatic heterocycles. The minimum Gasteiger partial charge on any atom is -0.496 e. The monoisotopic (exact) mass is 403 g/mol. The van der Waals surface area contributed by atoms with E-state index >= 15 is 0 Å². The maximum atomic E-state index is 12.7. The van der Waals surface area contributed by atoms with E-state index in [1.54, 1.807) is 18.2 Å². The quantitative estimate of drug-likeness (QED) is 0.680. The molecule has 0 fully saturated rings. The van der Waals surface area contributed by atoms with Crippen LogP contribution in [0.5, 0.6) is 5.75 Å². The number of ether oxygens (including phenoxy) is 1. The van der Waals surface area contributed by atoms with Gasteiger partial charge in [-0.2, -0.15) is 4.98 Å². The van der Waals surface area contributed by atoms with Gasteiger partial charge in [-0.05, 0) is 29.3 Å². The van der Waals surface area contributed by atoms with Crippen LogP contribution in [0.15, 0.2) is 54.7 Å². The smallest absolute Gasteiger partial charge is 0.249 e. The molecular formula is C22H21N5O3. The normalized spacial score (nSPS) is 14.9. The lowest BCUT2D eigenvalue weighted by molar-refractivity contribution is -0.129. The summed E-state index contributed by atoms with van der Waals surface area (Å²) in [6, 6.07) is 14.7. The number of aromatic nitrogens is 3. The van der Waals surface area contributed by atoms with E-state index in [0.29, 0.717) is 11.6 Å². The molecule has 0 radical (unpaired) electrons. The second-order valence-electron chi connectivity index (χ2n) is 6.85. The van der Waals surface area contributed by atoms with Crippen LogP contribution in [0.25, 0.3) is 17.5 Å². The van der Waals surface area contributed by atoms with Crippen LogP contribution in [-0.4, -0.2) is 39.0 Å². The number of nitrogens with zero attached hydrogens (tertiary/aromatic N) is 3. The third-order valence-corrected chi connectivity index (χ3v) is 4.95. The molecule has 4 rings (SSSR count). The van der Waals surface area contributed by atoms with Crippen LogP contribution in [0.4, 0.5) is 5.95 Å². The highest BCUT2D eigenvalue weighted by atomic mass is 16.5. The van der Waals surface area contributed by atoms with Crippen molar-refractivity contribution in [3.8, 4) is 17.1 Å². The largest absolute Gasteiger partial charge is 0.496 e. The average molecular weight is 403 g/mol. The molecule has 0 aliphatic carbocycles. The van der Waals surface area contributed by atoms with Gasteiger partial charge in [0.05, 0.1) is 25.1 Å². The van der Waals surface area contributed by atoms with Crippen molar-refractivity contribution in [3.05, 3.63) is 65.9 Å². The Balaban J connectivity index is 1.52. The minimum atomic E-state index is -0.392. The summed E-state index contributed by atoms with van der Waals surface area (Å²) in [6.07, 6.45) is 3.68. The van der Waals surface area contributed by atoms with Crippen molar-refractivity contribution in [3.63, 3.8) is 0 Å². The van der Waals surface area contributed by atoms with Gasteiger partial charge in [-0.25, -0.2) is 0 Å². The van der Waals surface area contributed by atoms with Gasteiger partial charge in [0, 0.05) is 13.1 Å². The molecule has 2 aromatic carbocycles. The number of carbonyl (C=O) groups excluding carboxylic acids is 2. The van der Waals surface area contributed by atoms with Gasteiger partial charge in [0.1, 0.15) is 5.75 Å². The van der Waals surface area contributed by atoms with E-state index < -0.39 is 6.04 Å². The number of methoxy groups -OCH3 is 1. The Morgan fingerprint density at radius 3 is 2.73 bits per heavy atom. The number of nitrogens with one attached hydrogen (secondary N) is 2. The summed E-state index contributed by atoms with van der Waals surface area (Å²) in [5, 5.41) is 9.61. The summed E-state index contributed by atoms with van der Waals surface area (Å²) in [7, 11) is 1.58. The molecule has 8 heteroatoms. The molecule has 0 spiro atoms. The van der Waals surface area contributed by atoms with E-state index in [1.807, 2.05) is 54.6 Å². The molecule has 3 aromatic rings. The first-order chi connectivity index (χ1) is 14.6. The number of benzene rings is 2. The molecule has 1 aliphatic rings. The fourth-order valence-electron chi connectivity index (χ4n) is 3.54. The maximum absolute atomic E-state index is 12.7. The van der Waals surface area contributed by atoms with Gasteiger partial charge in [-0.15, -0.1) is 5.10 Å². The Labute approximate surface area is 173 Å². The highest BCUT2D eigenvalue weighted by Crippen LogP contribution is 2.33. The Kier molecular flexibility index (Phi) is 5.30. The number of para-hydroxylation sites is 1. The van der Waals surface area contributed by atoms with Crippen molar-refractivity contribution in [2.24, 2.45) is 0 Å². The molecule has 0 bridgehead atoms. The van der Waals surface area contributed by atoms with Gasteiger partial charge in [0.25, 0.3) is 0 Å². The van der Waals surface area contributed by atoms with Crippen molar-refractivity contribution >= 4 is 23.8 Å². The number of anilines is 1. The molecule has 0 saturated carbocycles. The Bertz CT molecular complexity index is 1120. The molecule has 0 unspecified atom stereocenters. The van der Waals surface area contributed by atoms with Crippen molar-refractivity contribution < 1.29 is 14.3 Å². The van der Waals surface area contributed by atoms with Crippen molar-refractivity contribution in [1.29, 1.82) is 0 Å². The molecule has 2 amide bonds. The van der Waals surface area contributed by atoms with Crippen LogP contribution in [0, 0.1) is 0 Å². The second kappa shape index (κ2) is 8.20. The molecule has 152 valence electrons. The summed E-state index contributed by atoms with van der Waals surface area (Å²) in [6.45, 7) is 1.48. The minimum absolute atomic E-state index is 0.0828. The number of amides is 2. The SMILES string of the molecule is COc1ccccc1-c1nc(NC(=O)C[C@@H]2c3ccccc3C=CN2C(C)=O)n[nH]1. The van der Waals surface area contributed by atoms with Crippen molar-refractivity contribution in [1.82, 2.24) is 20.1 Å². The first kappa shape index (κ1) is 19.4. The Morgan fingerprint density at radius 1 is 1.17 bits per heavy atom. The van der Waals surface area contributed by atoms with Gasteiger partial charge < -0.3 is 9.64 Å². The topological polar surface area (TPSA) is 100 Å². The second-order valence-corrected chi connectivity index (χ2v) is 6.85.